The minimum atomic E-state index is -3.25. The Balaban J connectivity index is 3.66. The van der Waals surface area contributed by atoms with E-state index in [9.17, 15) is 8.42 Å². The van der Waals surface area contributed by atoms with E-state index in [2.05, 4.69) is 11.6 Å². The topological polar surface area (TPSA) is 81.4 Å². The number of rotatable bonds is 11. The second-order valence-corrected chi connectivity index (χ2v) is 6.07. The third-order valence-corrected chi connectivity index (χ3v) is 4.58. The van der Waals surface area contributed by atoms with Crippen molar-refractivity contribution in [2.45, 2.75) is 44.8 Å². The molecule has 1 unspecified atom stereocenters. The minimum absolute atomic E-state index is 0.166. The Kier molecular flexibility index (Phi) is 9.72. The Morgan fingerprint density at radius 1 is 1.24 bits per heavy atom. The molecule has 0 aromatic rings. The highest BCUT2D eigenvalue weighted by Gasteiger charge is 2.20. The third kappa shape index (κ3) is 7.70. The number of nitrogens with two attached hydrogens (primary N) is 1. The van der Waals surface area contributed by atoms with Crippen molar-refractivity contribution in [3.05, 3.63) is 0 Å². The Hall–Kier alpha value is -0.170. The summed E-state index contributed by atoms with van der Waals surface area (Å²) >= 11 is 0. The van der Waals surface area contributed by atoms with E-state index in [1.54, 1.807) is 0 Å². The predicted octanol–water partition coefficient (Wildman–Crippen LogP) is 0.850. The summed E-state index contributed by atoms with van der Waals surface area (Å²) < 4.78 is 31.3. The Morgan fingerprint density at radius 3 is 2.41 bits per heavy atom. The van der Waals surface area contributed by atoms with Gasteiger partial charge in [0.05, 0.1) is 5.25 Å². The summed E-state index contributed by atoms with van der Waals surface area (Å²) in [6.07, 6.45) is 3.40. The van der Waals surface area contributed by atoms with Gasteiger partial charge in [-0.3, -0.25) is 0 Å². The maximum absolute atomic E-state index is 11.7. The standard InChI is InChI=1S/C11H26N2O3S/c1-3-5-8-16-9-6-7-13-17(14,15)11(4-2)10-12/h11,13H,3-10,12H2,1-2H3. The molecule has 1 atom stereocenters. The Labute approximate surface area is 105 Å². The normalized spacial score (nSPS) is 13.8. The van der Waals surface area contributed by atoms with Gasteiger partial charge in [-0.15, -0.1) is 0 Å². The van der Waals surface area contributed by atoms with Gasteiger partial charge in [-0.2, -0.15) is 0 Å². The lowest BCUT2D eigenvalue weighted by atomic mass is 10.3. The molecule has 0 aliphatic rings. The molecule has 17 heavy (non-hydrogen) atoms. The average molecular weight is 266 g/mol. The second kappa shape index (κ2) is 9.82. The van der Waals surface area contributed by atoms with E-state index in [1.165, 1.54) is 0 Å². The third-order valence-electron chi connectivity index (χ3n) is 2.57. The summed E-state index contributed by atoms with van der Waals surface area (Å²) in [6.45, 7) is 5.87. The molecule has 3 N–H and O–H groups in total. The summed E-state index contributed by atoms with van der Waals surface area (Å²) in [6, 6.07) is 0. The second-order valence-electron chi connectivity index (χ2n) is 4.02. The van der Waals surface area contributed by atoms with Crippen molar-refractivity contribution in [2.75, 3.05) is 26.3 Å². The van der Waals surface area contributed by atoms with Crippen LogP contribution in [0.3, 0.4) is 0 Å². The van der Waals surface area contributed by atoms with E-state index in [-0.39, 0.29) is 6.54 Å². The van der Waals surface area contributed by atoms with Gasteiger partial charge >= 0.3 is 0 Å². The zero-order chi connectivity index (χ0) is 13.1. The first kappa shape index (κ1) is 16.8. The van der Waals surface area contributed by atoms with Crippen LogP contribution in [0.5, 0.6) is 0 Å². The molecule has 0 saturated carbocycles. The van der Waals surface area contributed by atoms with Gasteiger partial charge in [0, 0.05) is 26.3 Å². The van der Waals surface area contributed by atoms with Crippen molar-refractivity contribution in [3.63, 3.8) is 0 Å². The number of ether oxygens (including phenoxy) is 1. The molecule has 0 aromatic heterocycles. The minimum Gasteiger partial charge on any atom is -0.381 e. The van der Waals surface area contributed by atoms with Crippen LogP contribution in [-0.2, 0) is 14.8 Å². The summed E-state index contributed by atoms with van der Waals surface area (Å²) in [5.41, 5.74) is 5.41. The number of hydrogen-bond acceptors (Lipinski definition) is 4. The van der Waals surface area contributed by atoms with E-state index < -0.39 is 15.3 Å². The summed E-state index contributed by atoms with van der Waals surface area (Å²) in [4.78, 5) is 0. The van der Waals surface area contributed by atoms with Crippen molar-refractivity contribution in [2.24, 2.45) is 5.73 Å². The molecule has 0 aromatic carbocycles. The van der Waals surface area contributed by atoms with Crippen LogP contribution in [-0.4, -0.2) is 40.0 Å². The first-order valence-electron chi connectivity index (χ1n) is 6.34. The van der Waals surface area contributed by atoms with Gasteiger partial charge in [0.25, 0.3) is 0 Å². The quantitative estimate of drug-likeness (QED) is 0.543. The maximum Gasteiger partial charge on any atom is 0.215 e. The first-order valence-corrected chi connectivity index (χ1v) is 7.89. The number of nitrogens with one attached hydrogen (secondary N) is 1. The van der Waals surface area contributed by atoms with Gasteiger partial charge in [-0.05, 0) is 19.3 Å². The van der Waals surface area contributed by atoms with Crippen LogP contribution in [0, 0.1) is 0 Å². The fraction of sp³-hybridized carbons (Fsp3) is 1.00. The summed E-state index contributed by atoms with van der Waals surface area (Å²) in [5, 5.41) is -0.483. The molecular formula is C11H26N2O3S. The molecule has 6 heteroatoms. The van der Waals surface area contributed by atoms with Crippen molar-refractivity contribution in [1.82, 2.24) is 4.72 Å². The maximum atomic E-state index is 11.7. The fourth-order valence-corrected chi connectivity index (χ4v) is 2.72. The van der Waals surface area contributed by atoms with Gasteiger partial charge in [-0.1, -0.05) is 20.3 Å². The highest BCUT2D eigenvalue weighted by Crippen LogP contribution is 2.02. The Morgan fingerprint density at radius 2 is 1.88 bits per heavy atom. The zero-order valence-electron chi connectivity index (χ0n) is 10.9. The number of unbranched alkanes of at least 4 members (excludes halogenated alkanes) is 1. The van der Waals surface area contributed by atoms with Crippen LogP contribution in [0.2, 0.25) is 0 Å². The van der Waals surface area contributed by atoms with Gasteiger partial charge in [0.2, 0.25) is 10.0 Å². The van der Waals surface area contributed by atoms with Gasteiger partial charge < -0.3 is 10.5 Å². The average Bonchev–Trinajstić information content (AvgIpc) is 2.29. The predicted molar refractivity (Wildman–Crippen MR) is 70.4 cm³/mol. The van der Waals surface area contributed by atoms with Crippen molar-refractivity contribution in [3.8, 4) is 0 Å². The van der Waals surface area contributed by atoms with Gasteiger partial charge in [0.1, 0.15) is 0 Å². The highest BCUT2D eigenvalue weighted by molar-refractivity contribution is 7.90. The van der Waals surface area contributed by atoms with Crippen LogP contribution in [0.1, 0.15) is 39.5 Å². The number of hydrogen-bond donors (Lipinski definition) is 2. The van der Waals surface area contributed by atoms with Crippen LogP contribution < -0.4 is 10.5 Å². The van der Waals surface area contributed by atoms with E-state index in [0.29, 0.717) is 26.0 Å². The molecule has 0 fully saturated rings. The SMILES string of the molecule is CCCCOCCCNS(=O)(=O)C(CC)CN. The highest BCUT2D eigenvalue weighted by atomic mass is 32.2. The molecule has 0 saturated heterocycles. The largest absolute Gasteiger partial charge is 0.381 e. The smallest absolute Gasteiger partial charge is 0.215 e. The van der Waals surface area contributed by atoms with Gasteiger partial charge in [-0.25, -0.2) is 13.1 Å². The Bertz CT molecular complexity index is 264. The zero-order valence-corrected chi connectivity index (χ0v) is 11.8. The van der Waals surface area contributed by atoms with Crippen molar-refractivity contribution in [1.29, 1.82) is 0 Å². The molecule has 0 spiro atoms. The molecule has 0 amide bonds. The summed E-state index contributed by atoms with van der Waals surface area (Å²) in [5.74, 6) is 0. The van der Waals surface area contributed by atoms with E-state index in [1.807, 2.05) is 6.92 Å². The molecule has 0 rings (SSSR count). The van der Waals surface area contributed by atoms with E-state index in [4.69, 9.17) is 10.5 Å². The molecular weight excluding hydrogens is 240 g/mol. The molecule has 0 radical (unpaired) electrons. The molecule has 0 heterocycles. The monoisotopic (exact) mass is 266 g/mol. The first-order chi connectivity index (χ1) is 8.08. The molecule has 5 nitrogen and oxygen atoms in total. The van der Waals surface area contributed by atoms with Crippen LogP contribution in [0.15, 0.2) is 0 Å². The van der Waals surface area contributed by atoms with E-state index in [0.717, 1.165) is 19.4 Å². The lowest BCUT2D eigenvalue weighted by molar-refractivity contribution is 0.130. The van der Waals surface area contributed by atoms with Crippen LogP contribution >= 0.6 is 0 Å². The lowest BCUT2D eigenvalue weighted by Gasteiger charge is -2.14. The molecule has 104 valence electrons. The molecule has 0 aliphatic carbocycles. The molecule has 0 aliphatic heterocycles. The van der Waals surface area contributed by atoms with Gasteiger partial charge in [0.15, 0.2) is 0 Å². The number of sulfonamides is 1. The van der Waals surface area contributed by atoms with Crippen LogP contribution in [0.25, 0.3) is 0 Å². The van der Waals surface area contributed by atoms with Crippen molar-refractivity contribution < 1.29 is 13.2 Å². The lowest BCUT2D eigenvalue weighted by Crippen LogP contribution is -2.39. The summed E-state index contributed by atoms with van der Waals surface area (Å²) in [7, 11) is -3.25. The fourth-order valence-electron chi connectivity index (χ4n) is 1.37. The van der Waals surface area contributed by atoms with Crippen molar-refractivity contribution >= 4 is 10.0 Å². The van der Waals surface area contributed by atoms with E-state index >= 15 is 0 Å². The molecule has 0 bridgehead atoms. The van der Waals surface area contributed by atoms with Crippen LogP contribution in [0.4, 0.5) is 0 Å².